The highest BCUT2D eigenvalue weighted by atomic mass is 31.2. The Morgan fingerprint density at radius 1 is 1.39 bits per heavy atom. The van der Waals surface area contributed by atoms with Gasteiger partial charge in [0.2, 0.25) is 0 Å². The summed E-state index contributed by atoms with van der Waals surface area (Å²) in [6.07, 6.45) is -2.95. The van der Waals surface area contributed by atoms with E-state index in [2.05, 4.69) is 10.1 Å². The van der Waals surface area contributed by atoms with Crippen molar-refractivity contribution in [1.82, 2.24) is 14.6 Å². The smallest absolute Gasteiger partial charge is 0.459 e. The average molecular weight is 484 g/mol. The molecule has 1 aromatic carbocycles. The van der Waals surface area contributed by atoms with E-state index in [9.17, 15) is 24.4 Å². The fourth-order valence-corrected chi connectivity index (χ4v) is 4.66. The topological polar surface area (TPSA) is 195 Å². The van der Waals surface area contributed by atoms with Crippen LogP contribution in [0.5, 0.6) is 5.75 Å². The predicted octanol–water partition coefficient (Wildman–Crippen LogP) is 0.101. The number of hydrogen-bond donors (Lipinski definition) is 5. The number of carboxylic acids is 1. The highest BCUT2D eigenvalue weighted by Crippen LogP contribution is 2.46. The van der Waals surface area contributed by atoms with Gasteiger partial charge in [-0.1, -0.05) is 18.2 Å². The highest BCUT2D eigenvalue weighted by Gasteiger charge is 2.54. The molecule has 3 rings (SSSR count). The van der Waals surface area contributed by atoms with Crippen molar-refractivity contribution < 1.29 is 38.5 Å². The fraction of sp³-hybridized carbons (Fsp3) is 0.421. The van der Waals surface area contributed by atoms with Crippen LogP contribution >= 0.6 is 7.75 Å². The summed E-state index contributed by atoms with van der Waals surface area (Å²) < 4.78 is 30.6. The van der Waals surface area contributed by atoms with E-state index in [0.717, 1.165) is 4.57 Å². The Labute approximate surface area is 188 Å². The normalized spacial score (nSPS) is 27.6. The summed E-state index contributed by atoms with van der Waals surface area (Å²) in [6, 6.07) is 7.93. The van der Waals surface area contributed by atoms with E-state index in [1.807, 2.05) is 0 Å². The molecule has 180 valence electrons. The van der Waals surface area contributed by atoms with Crippen molar-refractivity contribution in [1.29, 1.82) is 0 Å². The summed E-state index contributed by atoms with van der Waals surface area (Å²) in [6.45, 7) is 1.92. The molecule has 33 heavy (non-hydrogen) atoms. The van der Waals surface area contributed by atoms with Gasteiger partial charge < -0.3 is 30.3 Å². The zero-order chi connectivity index (χ0) is 24.4. The van der Waals surface area contributed by atoms with Crippen molar-refractivity contribution in [2.45, 2.75) is 43.9 Å². The summed E-state index contributed by atoms with van der Waals surface area (Å²) in [5, 5.41) is 32.8. The molecule has 1 saturated heterocycles. The number of nitrogen functional groups attached to an aromatic ring is 1. The van der Waals surface area contributed by atoms with Crippen LogP contribution in [-0.2, 0) is 18.6 Å². The van der Waals surface area contributed by atoms with Crippen LogP contribution in [0.3, 0.4) is 0 Å². The van der Waals surface area contributed by atoms with Crippen molar-refractivity contribution >= 4 is 19.5 Å². The molecule has 13 nitrogen and oxygen atoms in total. The maximum absolute atomic E-state index is 13.3. The van der Waals surface area contributed by atoms with Crippen molar-refractivity contribution in [3.05, 3.63) is 53.1 Å². The summed E-state index contributed by atoms with van der Waals surface area (Å²) in [4.78, 5) is 27.0. The molecule has 1 fully saturated rings. The standard InChI is InChI=1S/C19H25N4O9P/c1-11(16(25)26)22-33(29,32-12-6-4-3-5-7-12)30-10-13-15(24)19(2,28)17(31-13)23-9-8-14(20)21-18(23)27/h3-9,11,13,15,17,24,28H,10H2,1-2H3,(H,22,29)(H,25,26)(H2,20,21,27)/t11-,13+,15+,17+,19+,33?/m0/s1. The van der Waals surface area contributed by atoms with Gasteiger partial charge >= 0.3 is 19.4 Å². The number of ether oxygens (including phenoxy) is 1. The Kier molecular flexibility index (Phi) is 7.22. The number of aromatic nitrogens is 2. The number of aliphatic hydroxyl groups excluding tert-OH is 1. The minimum absolute atomic E-state index is 0.0352. The number of nitrogens with one attached hydrogen (secondary N) is 1. The lowest BCUT2D eigenvalue weighted by Gasteiger charge is -2.27. The van der Waals surface area contributed by atoms with E-state index >= 15 is 0 Å². The minimum Gasteiger partial charge on any atom is -0.480 e. The van der Waals surface area contributed by atoms with E-state index in [4.69, 9.17) is 24.6 Å². The first kappa shape index (κ1) is 24.8. The lowest BCUT2D eigenvalue weighted by atomic mass is 9.96. The van der Waals surface area contributed by atoms with Crippen molar-refractivity contribution in [3.8, 4) is 5.75 Å². The summed E-state index contributed by atoms with van der Waals surface area (Å²) in [7, 11) is -4.28. The molecule has 0 aliphatic carbocycles. The van der Waals surface area contributed by atoms with Crippen molar-refractivity contribution in [2.75, 3.05) is 12.3 Å². The van der Waals surface area contributed by atoms with Gasteiger partial charge in [0.15, 0.2) is 6.23 Å². The molecule has 0 amide bonds. The number of para-hydroxylation sites is 1. The van der Waals surface area contributed by atoms with E-state index in [1.165, 1.54) is 38.2 Å². The van der Waals surface area contributed by atoms with Gasteiger partial charge in [-0.15, -0.1) is 0 Å². The monoisotopic (exact) mass is 484 g/mol. The lowest BCUT2D eigenvalue weighted by Crippen LogP contribution is -2.46. The molecule has 1 aromatic heterocycles. The first-order chi connectivity index (χ1) is 15.4. The molecule has 2 aromatic rings. The number of hydrogen-bond acceptors (Lipinski definition) is 10. The number of benzene rings is 1. The predicted molar refractivity (Wildman–Crippen MR) is 114 cm³/mol. The maximum Gasteiger partial charge on any atom is 0.459 e. The second-order valence-electron chi connectivity index (χ2n) is 7.63. The average Bonchev–Trinajstić information content (AvgIpc) is 2.96. The molecule has 0 bridgehead atoms. The summed E-state index contributed by atoms with van der Waals surface area (Å²) in [5.74, 6) is -1.19. The Hall–Kier alpha value is -2.80. The summed E-state index contributed by atoms with van der Waals surface area (Å²) >= 11 is 0. The number of nitrogens with two attached hydrogens (primary N) is 1. The quantitative estimate of drug-likeness (QED) is 0.302. The molecular weight excluding hydrogens is 459 g/mol. The molecule has 0 spiro atoms. The number of carbonyl (C=O) groups is 1. The molecule has 1 aliphatic heterocycles. The second-order valence-corrected chi connectivity index (χ2v) is 9.32. The van der Waals surface area contributed by atoms with Crippen LogP contribution in [0.1, 0.15) is 20.1 Å². The number of carboxylic acid groups (broad SMARTS) is 1. The van der Waals surface area contributed by atoms with Crippen LogP contribution in [-0.4, -0.2) is 61.3 Å². The first-order valence-electron chi connectivity index (χ1n) is 9.83. The van der Waals surface area contributed by atoms with Crippen LogP contribution < -0.4 is 21.0 Å². The molecule has 0 saturated carbocycles. The van der Waals surface area contributed by atoms with Crippen LogP contribution in [0.25, 0.3) is 0 Å². The molecule has 6 atom stereocenters. The van der Waals surface area contributed by atoms with Crippen LogP contribution in [0.4, 0.5) is 5.82 Å². The van der Waals surface area contributed by atoms with Crippen LogP contribution in [0.2, 0.25) is 0 Å². The van der Waals surface area contributed by atoms with E-state index in [-0.39, 0.29) is 11.6 Å². The molecular formula is C19H25N4O9P. The number of rotatable bonds is 9. The zero-order valence-electron chi connectivity index (χ0n) is 17.8. The van der Waals surface area contributed by atoms with Gasteiger partial charge in [0.1, 0.15) is 35.4 Å². The van der Waals surface area contributed by atoms with Crippen molar-refractivity contribution in [2.24, 2.45) is 0 Å². The molecule has 2 heterocycles. The molecule has 6 N–H and O–H groups in total. The third-order valence-corrected chi connectivity index (χ3v) is 6.60. The van der Waals surface area contributed by atoms with Gasteiger partial charge in [-0.2, -0.15) is 10.1 Å². The number of aliphatic carboxylic acids is 1. The molecule has 1 unspecified atom stereocenters. The number of aliphatic hydroxyl groups is 2. The first-order valence-corrected chi connectivity index (χ1v) is 11.4. The van der Waals surface area contributed by atoms with Crippen molar-refractivity contribution in [3.63, 3.8) is 0 Å². The van der Waals surface area contributed by atoms with Crippen LogP contribution in [0.15, 0.2) is 47.4 Å². The van der Waals surface area contributed by atoms with Gasteiger partial charge in [-0.05, 0) is 32.0 Å². The zero-order valence-corrected chi connectivity index (χ0v) is 18.7. The molecule has 1 aliphatic rings. The Balaban J connectivity index is 1.80. The summed E-state index contributed by atoms with van der Waals surface area (Å²) in [5.41, 5.74) is 2.71. The molecule has 0 radical (unpaired) electrons. The van der Waals surface area contributed by atoms with E-state index in [1.54, 1.807) is 18.2 Å². The van der Waals surface area contributed by atoms with Gasteiger partial charge in [0.05, 0.1) is 6.61 Å². The van der Waals surface area contributed by atoms with E-state index in [0.29, 0.717) is 0 Å². The third-order valence-electron chi connectivity index (χ3n) is 4.96. The third kappa shape index (κ3) is 5.58. The van der Waals surface area contributed by atoms with Gasteiger partial charge in [-0.25, -0.2) is 9.36 Å². The number of nitrogens with zero attached hydrogens (tertiary/aromatic N) is 2. The lowest BCUT2D eigenvalue weighted by molar-refractivity contribution is -0.138. The number of anilines is 1. The molecule has 14 heteroatoms. The second kappa shape index (κ2) is 9.59. The van der Waals surface area contributed by atoms with E-state index < -0.39 is 56.1 Å². The Morgan fingerprint density at radius 2 is 2.06 bits per heavy atom. The minimum atomic E-state index is -4.28. The maximum atomic E-state index is 13.3. The fourth-order valence-electron chi connectivity index (χ4n) is 3.16. The van der Waals surface area contributed by atoms with Gasteiger partial charge in [-0.3, -0.25) is 13.9 Å². The van der Waals surface area contributed by atoms with Gasteiger partial charge in [0, 0.05) is 6.20 Å². The Bertz CT molecular complexity index is 1090. The highest BCUT2D eigenvalue weighted by molar-refractivity contribution is 7.52. The van der Waals surface area contributed by atoms with Crippen LogP contribution in [0, 0.1) is 0 Å². The van der Waals surface area contributed by atoms with Gasteiger partial charge in [0.25, 0.3) is 0 Å². The SMILES string of the molecule is C[C@H](NP(=O)(OC[C@H]1O[C@@H](n2ccc(N)nc2=O)[C@](C)(O)[C@@H]1O)Oc1ccccc1)C(=O)O. The Morgan fingerprint density at radius 3 is 2.67 bits per heavy atom. The largest absolute Gasteiger partial charge is 0.480 e.